The van der Waals surface area contributed by atoms with E-state index in [1.807, 2.05) is 0 Å². The molecule has 0 aliphatic carbocycles. The average Bonchev–Trinajstić information content (AvgIpc) is 2.70. The summed E-state index contributed by atoms with van der Waals surface area (Å²) in [5.41, 5.74) is 1.73. The van der Waals surface area contributed by atoms with Gasteiger partial charge in [0.25, 0.3) is 0 Å². The Hall–Kier alpha value is -0.930. The molecule has 1 saturated heterocycles. The second-order valence-corrected chi connectivity index (χ2v) is 3.65. The van der Waals surface area contributed by atoms with Gasteiger partial charge >= 0.3 is 0 Å². The van der Waals surface area contributed by atoms with E-state index >= 15 is 0 Å². The summed E-state index contributed by atoms with van der Waals surface area (Å²) in [6.07, 6.45) is 2.21. The molecule has 76 valence electrons. The Balaban J connectivity index is 2.31. The van der Waals surface area contributed by atoms with E-state index in [-0.39, 0.29) is 18.5 Å². The van der Waals surface area contributed by atoms with Gasteiger partial charge in [-0.2, -0.15) is 0 Å². The SMILES string of the molecule is OCc1cc(F)ccc1[C@H]1CCCN1. The zero-order valence-electron chi connectivity index (χ0n) is 7.96. The van der Waals surface area contributed by atoms with Crippen molar-refractivity contribution in [1.82, 2.24) is 5.32 Å². The van der Waals surface area contributed by atoms with Crippen LogP contribution in [0.15, 0.2) is 18.2 Å². The van der Waals surface area contributed by atoms with Gasteiger partial charge in [0.05, 0.1) is 6.61 Å². The largest absolute Gasteiger partial charge is 0.392 e. The molecule has 1 aliphatic rings. The predicted octanol–water partition coefficient (Wildman–Crippen LogP) is 1.74. The number of halogens is 1. The number of rotatable bonds is 2. The Bertz CT molecular complexity index is 321. The molecule has 0 radical (unpaired) electrons. The quantitative estimate of drug-likeness (QED) is 0.753. The number of aliphatic hydroxyl groups is 1. The zero-order chi connectivity index (χ0) is 9.97. The third kappa shape index (κ3) is 1.79. The van der Waals surface area contributed by atoms with Crippen LogP contribution < -0.4 is 5.32 Å². The van der Waals surface area contributed by atoms with E-state index in [0.29, 0.717) is 5.56 Å². The summed E-state index contributed by atoms with van der Waals surface area (Å²) in [7, 11) is 0. The minimum absolute atomic E-state index is 0.0920. The predicted molar refractivity (Wildman–Crippen MR) is 52.3 cm³/mol. The zero-order valence-corrected chi connectivity index (χ0v) is 7.96. The molecule has 0 amide bonds. The van der Waals surface area contributed by atoms with E-state index in [4.69, 9.17) is 5.11 Å². The third-order valence-corrected chi connectivity index (χ3v) is 2.71. The highest BCUT2D eigenvalue weighted by Crippen LogP contribution is 2.26. The molecule has 1 atom stereocenters. The smallest absolute Gasteiger partial charge is 0.123 e. The number of hydrogen-bond acceptors (Lipinski definition) is 2. The second-order valence-electron chi connectivity index (χ2n) is 3.65. The average molecular weight is 195 g/mol. The van der Waals surface area contributed by atoms with Gasteiger partial charge < -0.3 is 10.4 Å². The highest BCUT2D eigenvalue weighted by molar-refractivity contribution is 5.30. The fourth-order valence-electron chi connectivity index (χ4n) is 2.00. The van der Waals surface area contributed by atoms with Gasteiger partial charge in [0, 0.05) is 6.04 Å². The lowest BCUT2D eigenvalue weighted by molar-refractivity contribution is 0.279. The van der Waals surface area contributed by atoms with E-state index in [1.54, 1.807) is 6.07 Å². The van der Waals surface area contributed by atoms with Crippen molar-refractivity contribution in [3.05, 3.63) is 35.1 Å². The van der Waals surface area contributed by atoms with Crippen molar-refractivity contribution in [2.45, 2.75) is 25.5 Å². The molecular formula is C11H14FNO. The first-order chi connectivity index (χ1) is 6.81. The summed E-state index contributed by atoms with van der Waals surface area (Å²) in [4.78, 5) is 0. The summed E-state index contributed by atoms with van der Waals surface area (Å²) < 4.78 is 12.9. The van der Waals surface area contributed by atoms with E-state index in [0.717, 1.165) is 24.9 Å². The van der Waals surface area contributed by atoms with Gasteiger partial charge in [-0.25, -0.2) is 4.39 Å². The first-order valence-electron chi connectivity index (χ1n) is 4.94. The van der Waals surface area contributed by atoms with Crippen LogP contribution in [0.2, 0.25) is 0 Å². The van der Waals surface area contributed by atoms with Crippen molar-refractivity contribution in [2.75, 3.05) is 6.54 Å². The molecule has 14 heavy (non-hydrogen) atoms. The van der Waals surface area contributed by atoms with Gasteiger partial charge in [-0.15, -0.1) is 0 Å². The van der Waals surface area contributed by atoms with Gasteiger partial charge in [0.1, 0.15) is 5.82 Å². The summed E-state index contributed by atoms with van der Waals surface area (Å²) >= 11 is 0. The lowest BCUT2D eigenvalue weighted by Gasteiger charge is -2.14. The normalized spacial score (nSPS) is 21.4. The van der Waals surface area contributed by atoms with Crippen LogP contribution in [-0.4, -0.2) is 11.7 Å². The van der Waals surface area contributed by atoms with Gasteiger partial charge in [-0.1, -0.05) is 6.07 Å². The molecule has 3 heteroatoms. The minimum atomic E-state index is -0.282. The topological polar surface area (TPSA) is 32.3 Å². The number of benzene rings is 1. The van der Waals surface area contributed by atoms with E-state index < -0.39 is 0 Å². The monoisotopic (exact) mass is 195 g/mol. The Labute approximate surface area is 82.8 Å². The van der Waals surface area contributed by atoms with E-state index in [2.05, 4.69) is 5.32 Å². The minimum Gasteiger partial charge on any atom is -0.392 e. The van der Waals surface area contributed by atoms with Gasteiger partial charge in [0.15, 0.2) is 0 Å². The fraction of sp³-hybridized carbons (Fsp3) is 0.455. The van der Waals surface area contributed by atoms with Crippen LogP contribution in [0.3, 0.4) is 0 Å². The highest BCUT2D eigenvalue weighted by atomic mass is 19.1. The summed E-state index contributed by atoms with van der Waals surface area (Å²) in [5.74, 6) is -0.282. The van der Waals surface area contributed by atoms with Crippen molar-refractivity contribution < 1.29 is 9.50 Å². The lowest BCUT2D eigenvalue weighted by atomic mass is 9.99. The van der Waals surface area contributed by atoms with Gasteiger partial charge in [0.2, 0.25) is 0 Å². The Kier molecular flexibility index (Phi) is 2.79. The maximum absolute atomic E-state index is 12.9. The molecule has 0 bridgehead atoms. The molecule has 1 fully saturated rings. The van der Waals surface area contributed by atoms with Crippen LogP contribution in [0.4, 0.5) is 4.39 Å². The number of aliphatic hydroxyl groups excluding tert-OH is 1. The molecular weight excluding hydrogens is 181 g/mol. The van der Waals surface area contributed by atoms with Crippen molar-refractivity contribution >= 4 is 0 Å². The molecule has 0 aromatic heterocycles. The van der Waals surface area contributed by atoms with Crippen LogP contribution in [0.1, 0.15) is 30.0 Å². The van der Waals surface area contributed by atoms with Gasteiger partial charge in [-0.3, -0.25) is 0 Å². The first-order valence-corrected chi connectivity index (χ1v) is 4.94. The fourth-order valence-corrected chi connectivity index (χ4v) is 2.00. The molecule has 2 rings (SSSR count). The Morgan fingerprint density at radius 2 is 2.36 bits per heavy atom. The van der Waals surface area contributed by atoms with Crippen molar-refractivity contribution in [1.29, 1.82) is 0 Å². The van der Waals surface area contributed by atoms with Crippen LogP contribution in [0.5, 0.6) is 0 Å². The summed E-state index contributed by atoms with van der Waals surface area (Å²) in [6.45, 7) is 0.915. The Morgan fingerprint density at radius 1 is 1.50 bits per heavy atom. The van der Waals surface area contributed by atoms with Crippen LogP contribution >= 0.6 is 0 Å². The molecule has 1 aliphatic heterocycles. The van der Waals surface area contributed by atoms with Crippen molar-refractivity contribution in [3.63, 3.8) is 0 Å². The van der Waals surface area contributed by atoms with Crippen LogP contribution in [-0.2, 0) is 6.61 Å². The molecule has 2 nitrogen and oxygen atoms in total. The van der Waals surface area contributed by atoms with Crippen LogP contribution in [0.25, 0.3) is 0 Å². The van der Waals surface area contributed by atoms with Gasteiger partial charge in [-0.05, 0) is 42.6 Å². The lowest BCUT2D eigenvalue weighted by Crippen LogP contribution is -2.14. The van der Waals surface area contributed by atoms with Crippen molar-refractivity contribution in [2.24, 2.45) is 0 Å². The van der Waals surface area contributed by atoms with Crippen LogP contribution in [0, 0.1) is 5.82 Å². The molecule has 1 aromatic rings. The van der Waals surface area contributed by atoms with E-state index in [9.17, 15) is 4.39 Å². The molecule has 1 heterocycles. The second kappa shape index (κ2) is 4.07. The maximum atomic E-state index is 12.9. The van der Waals surface area contributed by atoms with E-state index in [1.165, 1.54) is 12.1 Å². The molecule has 0 spiro atoms. The molecule has 0 unspecified atom stereocenters. The van der Waals surface area contributed by atoms with Crippen molar-refractivity contribution in [3.8, 4) is 0 Å². The first kappa shape index (κ1) is 9.62. The molecule has 0 saturated carbocycles. The Morgan fingerprint density at radius 3 is 3.00 bits per heavy atom. The number of nitrogens with one attached hydrogen (secondary N) is 1. The third-order valence-electron chi connectivity index (χ3n) is 2.71. The summed E-state index contributed by atoms with van der Waals surface area (Å²) in [6, 6.07) is 4.92. The maximum Gasteiger partial charge on any atom is 0.123 e. The molecule has 2 N–H and O–H groups in total. The summed E-state index contributed by atoms with van der Waals surface area (Å²) in [5, 5.41) is 12.4. The molecule has 1 aromatic carbocycles. The standard InChI is InChI=1S/C11H14FNO/c12-9-3-4-10(8(6-9)7-14)11-2-1-5-13-11/h3-4,6,11,13-14H,1-2,5,7H2/t11-/m1/s1. The highest BCUT2D eigenvalue weighted by Gasteiger charge is 2.18. The number of hydrogen-bond donors (Lipinski definition) is 2.